The van der Waals surface area contributed by atoms with E-state index in [-0.39, 0.29) is 6.10 Å². The summed E-state index contributed by atoms with van der Waals surface area (Å²) in [4.78, 5) is 10.6. The van der Waals surface area contributed by atoms with Crippen LogP contribution in [0.2, 0.25) is 0 Å². The van der Waals surface area contributed by atoms with Crippen molar-refractivity contribution in [1.82, 2.24) is 0 Å². The van der Waals surface area contributed by atoms with Crippen molar-refractivity contribution in [2.45, 2.75) is 57.8 Å². The Labute approximate surface area is 97.7 Å². The van der Waals surface area contributed by atoms with Crippen molar-refractivity contribution in [3.8, 4) is 0 Å². The summed E-state index contributed by atoms with van der Waals surface area (Å²) in [5.74, 6) is -0.0317. The Bertz CT molecular complexity index is 244. The van der Waals surface area contributed by atoms with E-state index in [1.807, 2.05) is 13.8 Å². The molecule has 92 valence electrons. The zero-order valence-electron chi connectivity index (χ0n) is 10.3. The van der Waals surface area contributed by atoms with Gasteiger partial charge >= 0.3 is 0 Å². The Morgan fingerprint density at radius 2 is 1.88 bits per heavy atom. The molecule has 0 radical (unpaired) electrons. The quantitative estimate of drug-likeness (QED) is 0.534. The molecule has 0 N–H and O–H groups in total. The van der Waals surface area contributed by atoms with Crippen molar-refractivity contribution < 1.29 is 14.5 Å². The van der Waals surface area contributed by atoms with Crippen LogP contribution in [0.25, 0.3) is 0 Å². The number of hydrogen-bond acceptors (Lipinski definition) is 3. The molecule has 16 heavy (non-hydrogen) atoms. The van der Waals surface area contributed by atoms with Crippen LogP contribution in [0.5, 0.6) is 0 Å². The van der Waals surface area contributed by atoms with Gasteiger partial charge in [-0.1, -0.05) is 25.8 Å². The second kappa shape index (κ2) is 4.86. The average Bonchev–Trinajstić information content (AvgIpc) is 2.29. The van der Waals surface area contributed by atoms with Gasteiger partial charge in [0.1, 0.15) is 6.10 Å². The van der Waals surface area contributed by atoms with Crippen LogP contribution in [0.1, 0.15) is 46.0 Å². The highest BCUT2D eigenvalue weighted by atomic mass is 17.2. The van der Waals surface area contributed by atoms with Gasteiger partial charge in [0.15, 0.2) is 5.79 Å². The molecule has 1 aliphatic carbocycles. The van der Waals surface area contributed by atoms with Crippen LogP contribution < -0.4 is 0 Å². The van der Waals surface area contributed by atoms with Gasteiger partial charge in [-0.3, -0.25) is 0 Å². The fourth-order valence-electron chi connectivity index (χ4n) is 2.41. The first kappa shape index (κ1) is 12.1. The Kier molecular flexibility index (Phi) is 3.67. The molecule has 3 heteroatoms. The van der Waals surface area contributed by atoms with Crippen LogP contribution >= 0.6 is 0 Å². The van der Waals surface area contributed by atoms with E-state index >= 15 is 0 Å². The molecule has 2 fully saturated rings. The highest BCUT2D eigenvalue weighted by Gasteiger charge is 2.33. The monoisotopic (exact) mass is 226 g/mol. The van der Waals surface area contributed by atoms with Gasteiger partial charge in [0.25, 0.3) is 0 Å². The molecule has 0 bridgehead atoms. The maximum absolute atomic E-state index is 5.58. The summed E-state index contributed by atoms with van der Waals surface area (Å²) < 4.78 is 5.58. The van der Waals surface area contributed by atoms with Gasteiger partial charge in [-0.05, 0) is 38.2 Å². The van der Waals surface area contributed by atoms with E-state index in [1.165, 1.54) is 32.1 Å². The van der Waals surface area contributed by atoms with Crippen molar-refractivity contribution in [2.24, 2.45) is 5.92 Å². The minimum absolute atomic E-state index is 0.0869. The maximum Gasteiger partial charge on any atom is 0.196 e. The molecule has 3 nitrogen and oxygen atoms in total. The zero-order valence-corrected chi connectivity index (χ0v) is 10.3. The van der Waals surface area contributed by atoms with Crippen molar-refractivity contribution in [3.63, 3.8) is 0 Å². The summed E-state index contributed by atoms with van der Waals surface area (Å²) in [5, 5.41) is 0. The summed E-state index contributed by atoms with van der Waals surface area (Å²) in [6.45, 7) is 8.43. The highest BCUT2D eigenvalue weighted by molar-refractivity contribution is 5.08. The lowest BCUT2D eigenvalue weighted by atomic mass is 9.82. The van der Waals surface area contributed by atoms with Crippen LogP contribution in [0.15, 0.2) is 12.2 Å². The molecule has 2 aliphatic rings. The van der Waals surface area contributed by atoms with Crippen LogP contribution in [0.3, 0.4) is 0 Å². The first-order valence-electron chi connectivity index (χ1n) is 6.25. The smallest absolute Gasteiger partial charge is 0.196 e. The third-order valence-electron chi connectivity index (χ3n) is 3.49. The van der Waals surface area contributed by atoms with Gasteiger partial charge in [0.05, 0.1) is 6.61 Å². The summed E-state index contributed by atoms with van der Waals surface area (Å²) in [6, 6.07) is 0. The van der Waals surface area contributed by atoms with Crippen molar-refractivity contribution >= 4 is 0 Å². The molecular formula is C13H22O3. The molecule has 1 atom stereocenters. The van der Waals surface area contributed by atoms with Gasteiger partial charge in [0, 0.05) is 0 Å². The third kappa shape index (κ3) is 2.84. The Morgan fingerprint density at radius 3 is 2.44 bits per heavy atom. The maximum atomic E-state index is 5.58. The van der Waals surface area contributed by atoms with Crippen LogP contribution in [0, 0.1) is 5.92 Å². The second-order valence-corrected chi connectivity index (χ2v) is 5.29. The van der Waals surface area contributed by atoms with Gasteiger partial charge in [-0.25, -0.2) is 9.78 Å². The molecule has 1 heterocycles. The molecule has 0 spiro atoms. The minimum atomic E-state index is -0.622. The molecule has 0 aromatic heterocycles. The lowest BCUT2D eigenvalue weighted by molar-refractivity contribution is -0.471. The predicted octanol–water partition coefficient (Wildman–Crippen LogP) is 3.21. The number of ether oxygens (including phenoxy) is 1. The second-order valence-electron chi connectivity index (χ2n) is 5.29. The summed E-state index contributed by atoms with van der Waals surface area (Å²) in [5.41, 5.74) is 1.15. The molecule has 1 aliphatic heterocycles. The molecule has 0 amide bonds. The molecule has 1 saturated heterocycles. The van der Waals surface area contributed by atoms with Crippen LogP contribution in [-0.4, -0.2) is 18.5 Å². The molecule has 0 aromatic carbocycles. The normalized spacial score (nSPS) is 31.2. The van der Waals surface area contributed by atoms with E-state index in [1.54, 1.807) is 0 Å². The summed E-state index contributed by atoms with van der Waals surface area (Å²) in [7, 11) is 0. The molecular weight excluding hydrogens is 204 g/mol. The van der Waals surface area contributed by atoms with E-state index in [4.69, 9.17) is 14.5 Å². The topological polar surface area (TPSA) is 27.7 Å². The SMILES string of the molecule is C=C(C1CCCCC1)C1COC(C)(C)OO1. The standard InChI is InChI=1S/C13H22O3/c1-10(11-7-5-4-6-8-11)12-9-14-13(2,3)16-15-12/h11-12H,1,4-9H2,2-3H3. The van der Waals surface area contributed by atoms with Gasteiger partial charge in [-0.2, -0.15) is 0 Å². The molecule has 2 rings (SSSR count). The minimum Gasteiger partial charge on any atom is -0.345 e. The zero-order chi connectivity index (χ0) is 11.6. The predicted molar refractivity (Wildman–Crippen MR) is 61.7 cm³/mol. The third-order valence-corrected chi connectivity index (χ3v) is 3.49. The van der Waals surface area contributed by atoms with E-state index in [2.05, 4.69) is 6.58 Å². The van der Waals surface area contributed by atoms with Crippen molar-refractivity contribution in [1.29, 1.82) is 0 Å². The number of rotatable bonds is 2. The fraction of sp³-hybridized carbons (Fsp3) is 0.846. The van der Waals surface area contributed by atoms with Gasteiger partial charge in [-0.15, -0.1) is 0 Å². The Hall–Kier alpha value is -0.380. The fourth-order valence-corrected chi connectivity index (χ4v) is 2.41. The van der Waals surface area contributed by atoms with Crippen LogP contribution in [0.4, 0.5) is 0 Å². The largest absolute Gasteiger partial charge is 0.345 e. The van der Waals surface area contributed by atoms with E-state index in [9.17, 15) is 0 Å². The first-order chi connectivity index (χ1) is 7.58. The van der Waals surface area contributed by atoms with E-state index in [0.717, 1.165) is 5.57 Å². The first-order valence-corrected chi connectivity index (χ1v) is 6.25. The van der Waals surface area contributed by atoms with Crippen molar-refractivity contribution in [2.75, 3.05) is 6.61 Å². The lowest BCUT2D eigenvalue weighted by Gasteiger charge is -2.36. The van der Waals surface area contributed by atoms with E-state index in [0.29, 0.717) is 12.5 Å². The van der Waals surface area contributed by atoms with E-state index < -0.39 is 5.79 Å². The molecule has 1 saturated carbocycles. The lowest BCUT2D eigenvalue weighted by Crippen LogP contribution is -2.42. The van der Waals surface area contributed by atoms with Gasteiger partial charge in [0.2, 0.25) is 0 Å². The number of hydrogen-bond donors (Lipinski definition) is 0. The average molecular weight is 226 g/mol. The summed E-state index contributed by atoms with van der Waals surface area (Å²) >= 11 is 0. The molecule has 1 unspecified atom stereocenters. The molecule has 0 aromatic rings. The van der Waals surface area contributed by atoms with Crippen molar-refractivity contribution in [3.05, 3.63) is 12.2 Å². The van der Waals surface area contributed by atoms with Crippen LogP contribution in [-0.2, 0) is 14.5 Å². The van der Waals surface area contributed by atoms with Gasteiger partial charge < -0.3 is 4.74 Å². The highest BCUT2D eigenvalue weighted by Crippen LogP contribution is 2.33. The summed E-state index contributed by atoms with van der Waals surface area (Å²) in [6.07, 6.45) is 6.36. The Morgan fingerprint density at radius 1 is 1.19 bits per heavy atom. The Balaban J connectivity index is 1.86.